The predicted molar refractivity (Wildman–Crippen MR) is 81.6 cm³/mol. The molecule has 2 nitrogen and oxygen atoms in total. The molecule has 0 aliphatic heterocycles. The summed E-state index contributed by atoms with van der Waals surface area (Å²) in [7, 11) is 0. The van der Waals surface area contributed by atoms with Crippen molar-refractivity contribution in [3.05, 3.63) is 29.6 Å². The van der Waals surface area contributed by atoms with Crippen molar-refractivity contribution < 1.29 is 14.2 Å². The largest absolute Gasteiger partial charge is 0.490 e. The average molecular weight is 290 g/mol. The Morgan fingerprint density at radius 3 is 2.57 bits per heavy atom. The molecule has 0 heterocycles. The Morgan fingerprint density at radius 2 is 1.90 bits per heavy atom. The number of benzene rings is 1. The van der Waals surface area contributed by atoms with E-state index >= 15 is 0 Å². The van der Waals surface area contributed by atoms with E-state index in [1.165, 1.54) is 18.6 Å². The van der Waals surface area contributed by atoms with E-state index in [9.17, 15) is 4.39 Å². The van der Waals surface area contributed by atoms with Gasteiger partial charge in [-0.05, 0) is 43.2 Å². The van der Waals surface area contributed by atoms with E-state index < -0.39 is 0 Å². The van der Waals surface area contributed by atoms with Crippen LogP contribution in [-0.2, 0) is 0 Å². The number of hydrogen-bond donors (Lipinski definition) is 1. The second-order valence-electron chi connectivity index (χ2n) is 6.11. The molecule has 21 heavy (non-hydrogen) atoms. The van der Waals surface area contributed by atoms with E-state index in [0.717, 1.165) is 12.8 Å². The highest BCUT2D eigenvalue weighted by Gasteiger charge is 2.25. The van der Waals surface area contributed by atoms with Gasteiger partial charge < -0.3 is 9.84 Å². The summed E-state index contributed by atoms with van der Waals surface area (Å²) in [6, 6.07) is 4.59. The van der Waals surface area contributed by atoms with Crippen LogP contribution in [0.15, 0.2) is 18.2 Å². The monoisotopic (exact) mass is 290 g/mol. The first kappa shape index (κ1) is 15.9. The molecule has 114 valence electrons. The van der Waals surface area contributed by atoms with Crippen molar-refractivity contribution in [1.82, 2.24) is 0 Å². The molecule has 0 saturated heterocycles. The van der Waals surface area contributed by atoms with Gasteiger partial charge in [0.2, 0.25) is 0 Å². The summed E-state index contributed by atoms with van der Waals surface area (Å²) < 4.78 is 19.6. The molecule has 0 spiro atoms. The number of aliphatic hydroxyl groups is 1. The van der Waals surface area contributed by atoms with Crippen molar-refractivity contribution in [2.24, 2.45) is 11.8 Å². The second-order valence-corrected chi connectivity index (χ2v) is 6.11. The molecule has 2 unspecified atom stereocenters. The molecule has 3 heteroatoms. The normalized spacial score (nSPS) is 25.0. The highest BCUT2D eigenvalue weighted by molar-refractivity contribution is 5.40. The molecular formula is C18H23FO2. The lowest BCUT2D eigenvalue weighted by Gasteiger charge is -2.31. The van der Waals surface area contributed by atoms with Gasteiger partial charge in [0.15, 0.2) is 0 Å². The van der Waals surface area contributed by atoms with Crippen molar-refractivity contribution in [2.75, 3.05) is 6.61 Å². The maximum atomic E-state index is 13.6. The van der Waals surface area contributed by atoms with Crippen molar-refractivity contribution in [3.8, 4) is 17.6 Å². The van der Waals surface area contributed by atoms with Crippen LogP contribution >= 0.6 is 0 Å². The smallest absolute Gasteiger partial charge is 0.128 e. The summed E-state index contributed by atoms with van der Waals surface area (Å²) in [4.78, 5) is 0. The molecule has 1 N–H and O–H groups in total. The van der Waals surface area contributed by atoms with Crippen LogP contribution in [-0.4, -0.2) is 17.8 Å². The first-order valence-electron chi connectivity index (χ1n) is 7.63. The fraction of sp³-hybridized carbons (Fsp3) is 0.556. The third-order valence-corrected chi connectivity index (χ3v) is 3.78. The molecule has 0 radical (unpaired) electrons. The third kappa shape index (κ3) is 5.06. The highest BCUT2D eigenvalue weighted by atomic mass is 19.1. The molecule has 0 aromatic heterocycles. The summed E-state index contributed by atoms with van der Waals surface area (Å²) in [5, 5.41) is 8.72. The van der Waals surface area contributed by atoms with Crippen LogP contribution in [0.1, 0.15) is 45.1 Å². The minimum atomic E-state index is -0.335. The first-order chi connectivity index (χ1) is 10.1. The molecule has 0 bridgehead atoms. The van der Waals surface area contributed by atoms with Gasteiger partial charge in [0.25, 0.3) is 0 Å². The number of hydrogen-bond acceptors (Lipinski definition) is 2. The number of ether oxygens (including phenoxy) is 1. The van der Waals surface area contributed by atoms with E-state index in [1.807, 2.05) is 0 Å². The Kier molecular flexibility index (Phi) is 5.64. The summed E-state index contributed by atoms with van der Waals surface area (Å²) in [5.74, 6) is 7.17. The van der Waals surface area contributed by atoms with Crippen LogP contribution in [0, 0.1) is 29.5 Å². The molecule has 1 aromatic rings. The van der Waals surface area contributed by atoms with Crippen LogP contribution in [0.5, 0.6) is 5.75 Å². The van der Waals surface area contributed by atoms with E-state index in [4.69, 9.17) is 9.84 Å². The van der Waals surface area contributed by atoms with Gasteiger partial charge in [-0.2, -0.15) is 0 Å². The predicted octanol–water partition coefficient (Wildman–Crippen LogP) is 3.76. The van der Waals surface area contributed by atoms with E-state index in [0.29, 0.717) is 29.6 Å². The molecule has 2 atom stereocenters. The Hall–Kier alpha value is -1.53. The summed E-state index contributed by atoms with van der Waals surface area (Å²) in [6.45, 7) is 4.50. The molecular weight excluding hydrogens is 267 g/mol. The summed E-state index contributed by atoms with van der Waals surface area (Å²) >= 11 is 0. The topological polar surface area (TPSA) is 29.5 Å². The quantitative estimate of drug-likeness (QED) is 0.859. The number of aliphatic hydroxyl groups excluding tert-OH is 1. The van der Waals surface area contributed by atoms with E-state index in [1.54, 1.807) is 6.07 Å². The molecule has 1 aliphatic carbocycles. The van der Waals surface area contributed by atoms with E-state index in [-0.39, 0.29) is 18.5 Å². The maximum absolute atomic E-state index is 13.6. The second kappa shape index (κ2) is 7.47. The molecule has 1 fully saturated rings. The maximum Gasteiger partial charge on any atom is 0.128 e. The lowest BCUT2D eigenvalue weighted by Crippen LogP contribution is -2.28. The van der Waals surface area contributed by atoms with Gasteiger partial charge in [-0.1, -0.05) is 25.7 Å². The van der Waals surface area contributed by atoms with Gasteiger partial charge in [0.1, 0.15) is 11.6 Å². The van der Waals surface area contributed by atoms with Crippen LogP contribution in [0.2, 0.25) is 0 Å². The van der Waals surface area contributed by atoms with Crippen LogP contribution in [0.3, 0.4) is 0 Å². The standard InChI is InChI=1S/C18H23FO2/c1-13-7-14(2)9-17(8-13)21-18-11-15(5-3-4-6-20)10-16(19)12-18/h10-14,17,20H,4,6-9H2,1-2H3. The Morgan fingerprint density at radius 1 is 1.19 bits per heavy atom. The fourth-order valence-electron chi connectivity index (χ4n) is 3.09. The third-order valence-electron chi connectivity index (χ3n) is 3.78. The number of halogens is 1. The van der Waals surface area contributed by atoms with Crippen LogP contribution < -0.4 is 4.74 Å². The Balaban J connectivity index is 2.07. The van der Waals surface area contributed by atoms with Gasteiger partial charge in [-0.15, -0.1) is 0 Å². The molecule has 1 aromatic carbocycles. The minimum absolute atomic E-state index is 0.0174. The zero-order valence-corrected chi connectivity index (χ0v) is 12.7. The van der Waals surface area contributed by atoms with Gasteiger partial charge in [-0.25, -0.2) is 4.39 Å². The zero-order valence-electron chi connectivity index (χ0n) is 12.7. The lowest BCUT2D eigenvalue weighted by atomic mass is 9.82. The van der Waals surface area contributed by atoms with Gasteiger partial charge >= 0.3 is 0 Å². The van der Waals surface area contributed by atoms with Gasteiger partial charge in [-0.3, -0.25) is 0 Å². The molecule has 2 rings (SSSR count). The lowest BCUT2D eigenvalue weighted by molar-refractivity contribution is 0.101. The van der Waals surface area contributed by atoms with Crippen molar-refractivity contribution in [2.45, 2.75) is 45.6 Å². The van der Waals surface area contributed by atoms with Gasteiger partial charge in [0.05, 0.1) is 12.7 Å². The van der Waals surface area contributed by atoms with Crippen molar-refractivity contribution in [3.63, 3.8) is 0 Å². The highest BCUT2D eigenvalue weighted by Crippen LogP contribution is 2.31. The zero-order chi connectivity index (χ0) is 15.2. The van der Waals surface area contributed by atoms with Crippen LogP contribution in [0.25, 0.3) is 0 Å². The molecule has 1 aliphatic rings. The minimum Gasteiger partial charge on any atom is -0.490 e. The van der Waals surface area contributed by atoms with Crippen molar-refractivity contribution >= 4 is 0 Å². The average Bonchev–Trinajstić information content (AvgIpc) is 2.37. The SMILES string of the molecule is CC1CC(C)CC(Oc2cc(F)cc(C#CCCO)c2)C1. The molecule has 0 amide bonds. The Labute approximate surface area is 126 Å². The van der Waals surface area contributed by atoms with Gasteiger partial charge in [0, 0.05) is 18.1 Å². The van der Waals surface area contributed by atoms with Crippen LogP contribution in [0.4, 0.5) is 4.39 Å². The Bertz CT molecular complexity index is 520. The van der Waals surface area contributed by atoms with E-state index in [2.05, 4.69) is 25.7 Å². The first-order valence-corrected chi connectivity index (χ1v) is 7.63. The van der Waals surface area contributed by atoms with Crippen molar-refractivity contribution in [1.29, 1.82) is 0 Å². The molecule has 1 saturated carbocycles. The summed E-state index contributed by atoms with van der Waals surface area (Å²) in [6.07, 6.45) is 3.83. The summed E-state index contributed by atoms with van der Waals surface area (Å²) in [5.41, 5.74) is 0.593. The fourth-order valence-corrected chi connectivity index (χ4v) is 3.09. The number of rotatable bonds is 3.